The average molecular weight is 576 g/mol. The maximum Gasteiger partial charge on any atom is 0.288 e. The number of hydrogen-bond donors (Lipinski definition) is 3. The van der Waals surface area contributed by atoms with E-state index >= 15 is 0 Å². The summed E-state index contributed by atoms with van der Waals surface area (Å²) in [7, 11) is 0. The molecule has 0 aliphatic heterocycles. The molecule has 4 heterocycles. The molecule has 1 atom stereocenters. The number of hydrogen-bond acceptors (Lipinski definition) is 8. The van der Waals surface area contributed by atoms with Crippen LogP contribution in [0.4, 0.5) is 11.5 Å². The molecule has 0 saturated heterocycles. The summed E-state index contributed by atoms with van der Waals surface area (Å²) in [5, 5.41) is 21.0. The lowest BCUT2D eigenvalue weighted by atomic mass is 10.0. The smallest absolute Gasteiger partial charge is 0.288 e. The van der Waals surface area contributed by atoms with Gasteiger partial charge in [-0.25, -0.2) is 4.98 Å². The van der Waals surface area contributed by atoms with E-state index in [0.717, 1.165) is 32.3 Å². The van der Waals surface area contributed by atoms with E-state index in [4.69, 9.17) is 5.73 Å². The molecule has 0 saturated carbocycles. The van der Waals surface area contributed by atoms with E-state index in [0.29, 0.717) is 36.2 Å². The van der Waals surface area contributed by atoms with Crippen molar-refractivity contribution in [2.45, 2.75) is 33.0 Å². The van der Waals surface area contributed by atoms with Crippen LogP contribution in [0.2, 0.25) is 0 Å². The zero-order chi connectivity index (χ0) is 30.1. The Morgan fingerprint density at radius 2 is 1.79 bits per heavy atom. The number of nitrogen functional groups attached to an aromatic ring is 1. The number of carbonyl (C=O) groups is 1. The second kappa shape index (κ2) is 11.3. The zero-order valence-corrected chi connectivity index (χ0v) is 23.5. The minimum atomic E-state index is -0.563. The summed E-state index contributed by atoms with van der Waals surface area (Å²) >= 11 is 0. The van der Waals surface area contributed by atoms with Crippen LogP contribution in [0, 0.1) is 6.92 Å². The number of pyridine rings is 1. The number of aliphatic hydroxyl groups is 1. The highest BCUT2D eigenvalue weighted by atomic mass is 16.3. The van der Waals surface area contributed by atoms with Gasteiger partial charge in [0.2, 0.25) is 5.78 Å². The Kier molecular flexibility index (Phi) is 7.26. The highest BCUT2D eigenvalue weighted by Crippen LogP contribution is 2.30. The number of amides is 1. The van der Waals surface area contributed by atoms with Crippen LogP contribution in [0.5, 0.6) is 0 Å². The minimum absolute atomic E-state index is 0.0605. The Bertz CT molecular complexity index is 1990. The molecule has 0 radical (unpaired) electrons. The predicted octanol–water partition coefficient (Wildman–Crippen LogP) is 3.39. The van der Waals surface area contributed by atoms with E-state index in [1.807, 2.05) is 54.7 Å². The number of aryl methyl sites for hydroxylation is 1. The van der Waals surface area contributed by atoms with Gasteiger partial charge in [-0.1, -0.05) is 42.5 Å². The third kappa shape index (κ3) is 5.76. The number of anilines is 2. The largest absolute Gasteiger partial charge is 0.391 e. The molecule has 43 heavy (non-hydrogen) atoms. The number of nitrogens with two attached hydrogens (primary N) is 1. The summed E-state index contributed by atoms with van der Waals surface area (Å²) in [6.07, 6.45) is 6.23. The zero-order valence-electron chi connectivity index (χ0n) is 23.5. The number of rotatable bonds is 8. The normalized spacial score (nSPS) is 12.0. The Balaban J connectivity index is 1.25. The van der Waals surface area contributed by atoms with Gasteiger partial charge in [-0.15, -0.1) is 5.10 Å². The highest BCUT2D eigenvalue weighted by Gasteiger charge is 2.19. The second-order valence-corrected chi connectivity index (χ2v) is 10.3. The van der Waals surface area contributed by atoms with Crippen molar-refractivity contribution < 1.29 is 9.90 Å². The van der Waals surface area contributed by atoms with Gasteiger partial charge in [0.15, 0.2) is 0 Å². The van der Waals surface area contributed by atoms with Gasteiger partial charge < -0.3 is 20.7 Å². The first-order chi connectivity index (χ1) is 20.7. The van der Waals surface area contributed by atoms with E-state index < -0.39 is 17.6 Å². The van der Waals surface area contributed by atoms with Crippen LogP contribution >= 0.6 is 0 Å². The first-order valence-corrected chi connectivity index (χ1v) is 13.6. The van der Waals surface area contributed by atoms with Crippen molar-refractivity contribution in [1.82, 2.24) is 33.9 Å². The van der Waals surface area contributed by atoms with Crippen molar-refractivity contribution in [3.05, 3.63) is 113 Å². The Morgan fingerprint density at radius 3 is 2.53 bits per heavy atom. The SMILES string of the molecule is Cc1nc2n(Cc3ccccc3)cc(C(=O)Nc3ccc(-c4cc(-c5cnn(CC(C)O)c5)cnc4N)cc3)c(=O)n2n1. The van der Waals surface area contributed by atoms with Crippen molar-refractivity contribution in [2.24, 2.45) is 0 Å². The molecule has 0 fully saturated rings. The number of nitrogens with one attached hydrogen (secondary N) is 1. The number of nitrogens with zero attached hydrogens (tertiary/aromatic N) is 7. The maximum atomic E-state index is 13.3. The third-order valence-electron chi connectivity index (χ3n) is 6.89. The van der Waals surface area contributed by atoms with E-state index in [1.165, 1.54) is 6.20 Å². The number of aliphatic hydroxyl groups excluding tert-OH is 1. The monoisotopic (exact) mass is 575 g/mol. The van der Waals surface area contributed by atoms with E-state index in [-0.39, 0.29) is 5.56 Å². The van der Waals surface area contributed by atoms with Gasteiger partial charge in [0.25, 0.3) is 11.5 Å². The molecule has 6 rings (SSSR count). The van der Waals surface area contributed by atoms with Crippen molar-refractivity contribution >= 4 is 23.2 Å². The van der Waals surface area contributed by atoms with Gasteiger partial charge in [-0.05, 0) is 43.2 Å². The molecule has 4 N–H and O–H groups in total. The summed E-state index contributed by atoms with van der Waals surface area (Å²) in [4.78, 5) is 35.3. The van der Waals surface area contributed by atoms with E-state index in [9.17, 15) is 14.7 Å². The molecule has 2 aromatic carbocycles. The minimum Gasteiger partial charge on any atom is -0.391 e. The van der Waals surface area contributed by atoms with Gasteiger partial charge in [0.1, 0.15) is 17.2 Å². The maximum absolute atomic E-state index is 13.3. The van der Waals surface area contributed by atoms with Crippen LogP contribution in [0.1, 0.15) is 28.7 Å². The van der Waals surface area contributed by atoms with Crippen LogP contribution < -0.4 is 16.6 Å². The number of benzene rings is 2. The Morgan fingerprint density at radius 1 is 1.02 bits per heavy atom. The fraction of sp³-hybridized carbons (Fsp3) is 0.161. The lowest BCUT2D eigenvalue weighted by molar-refractivity contribution is 0.102. The average Bonchev–Trinajstić information content (AvgIpc) is 3.62. The van der Waals surface area contributed by atoms with Crippen LogP contribution in [-0.2, 0) is 13.1 Å². The van der Waals surface area contributed by atoms with E-state index in [1.54, 1.807) is 47.6 Å². The highest BCUT2D eigenvalue weighted by molar-refractivity contribution is 6.04. The van der Waals surface area contributed by atoms with Crippen molar-refractivity contribution in [2.75, 3.05) is 11.1 Å². The van der Waals surface area contributed by atoms with Crippen LogP contribution in [0.25, 0.3) is 28.0 Å². The van der Waals surface area contributed by atoms with Gasteiger partial charge in [0, 0.05) is 41.0 Å². The fourth-order valence-electron chi connectivity index (χ4n) is 4.84. The summed E-state index contributed by atoms with van der Waals surface area (Å²) in [6, 6.07) is 18.7. The molecule has 1 amide bonds. The standard InChI is InChI=1S/C31H29N9O3/c1-19(41)15-39-17-24(14-34-39)23-12-26(28(32)33-13-23)22-8-10-25(11-9-22)36-29(42)27-18-38(16-21-6-4-3-5-7-21)31-35-20(2)37-40(31)30(27)43/h3-14,17-19,41H,15-16H2,1-2H3,(H2,32,33)(H,36,42). The van der Waals surface area contributed by atoms with Gasteiger partial charge in [0.05, 0.1) is 25.4 Å². The van der Waals surface area contributed by atoms with Crippen LogP contribution in [0.15, 0.2) is 90.2 Å². The molecule has 0 aliphatic carbocycles. The summed E-state index contributed by atoms with van der Waals surface area (Å²) in [5.74, 6) is 0.578. The lowest BCUT2D eigenvalue weighted by Gasteiger charge is -2.12. The molecule has 1 unspecified atom stereocenters. The van der Waals surface area contributed by atoms with Crippen LogP contribution in [0.3, 0.4) is 0 Å². The third-order valence-corrected chi connectivity index (χ3v) is 6.89. The molecule has 6 aromatic rings. The lowest BCUT2D eigenvalue weighted by Crippen LogP contribution is -2.29. The molecule has 0 spiro atoms. The quantitative estimate of drug-likeness (QED) is 0.249. The Labute approximate surface area is 246 Å². The van der Waals surface area contributed by atoms with Crippen LogP contribution in [-0.4, -0.2) is 51.0 Å². The Hall–Kier alpha value is -5.62. The fourth-order valence-corrected chi connectivity index (χ4v) is 4.84. The van der Waals surface area contributed by atoms with Crippen molar-refractivity contribution in [3.8, 4) is 22.3 Å². The number of aromatic nitrogens is 7. The number of carbonyl (C=O) groups excluding carboxylic acids is 1. The molecule has 216 valence electrons. The topological polar surface area (TPSA) is 158 Å². The summed E-state index contributed by atoms with van der Waals surface area (Å²) < 4.78 is 4.57. The van der Waals surface area contributed by atoms with E-state index in [2.05, 4.69) is 25.5 Å². The number of fused-ring (bicyclic) bond motifs is 1. The molecular weight excluding hydrogens is 546 g/mol. The van der Waals surface area contributed by atoms with Crippen molar-refractivity contribution in [1.29, 1.82) is 0 Å². The summed E-state index contributed by atoms with van der Waals surface area (Å²) in [5.41, 5.74) is 10.3. The van der Waals surface area contributed by atoms with Gasteiger partial charge in [-0.2, -0.15) is 14.6 Å². The molecule has 12 nitrogen and oxygen atoms in total. The molecular formula is C31H29N9O3. The molecule has 0 bridgehead atoms. The predicted molar refractivity (Wildman–Crippen MR) is 162 cm³/mol. The molecule has 4 aromatic heterocycles. The molecule has 0 aliphatic rings. The summed E-state index contributed by atoms with van der Waals surface area (Å²) in [6.45, 7) is 4.20. The molecule has 12 heteroatoms. The van der Waals surface area contributed by atoms with Gasteiger partial charge >= 0.3 is 0 Å². The van der Waals surface area contributed by atoms with Crippen molar-refractivity contribution in [3.63, 3.8) is 0 Å². The second-order valence-electron chi connectivity index (χ2n) is 10.3. The van der Waals surface area contributed by atoms with Gasteiger partial charge in [-0.3, -0.25) is 14.3 Å². The first kappa shape index (κ1) is 27.5. The first-order valence-electron chi connectivity index (χ1n) is 13.6.